The molecule has 0 fully saturated rings. The van der Waals surface area contributed by atoms with Gasteiger partial charge in [0.2, 0.25) is 0 Å². The first kappa shape index (κ1) is 73.1. The van der Waals surface area contributed by atoms with Gasteiger partial charge in [0.15, 0.2) is 0 Å². The highest BCUT2D eigenvalue weighted by molar-refractivity contribution is 7.93. The summed E-state index contributed by atoms with van der Waals surface area (Å²) in [5.74, 6) is -2.80. The lowest BCUT2D eigenvalue weighted by Gasteiger charge is -2.17. The van der Waals surface area contributed by atoms with Crippen molar-refractivity contribution >= 4 is 175 Å². The molecular formula is C49H40N6O31S10. The number of rotatable bonds is 20. The molecule has 8 rings (SSSR count). The molecule has 0 bridgehead atoms. The number of fused-ring (bicyclic) bond motifs is 2. The van der Waals surface area contributed by atoms with E-state index in [1.807, 2.05) is 9.44 Å². The summed E-state index contributed by atoms with van der Waals surface area (Å²) >= 11 is 0. The smallest absolute Gasteiger partial charge is 0.322 e. The summed E-state index contributed by atoms with van der Waals surface area (Å²) < 4.78 is 338. The number of anilines is 6. The molecule has 512 valence electrons. The van der Waals surface area contributed by atoms with E-state index in [9.17, 15) is 135 Å². The molecule has 0 aliphatic rings. The average Bonchev–Trinajstić information content (AvgIpc) is 0.739. The third-order valence-electron chi connectivity index (χ3n) is 13.2. The third kappa shape index (κ3) is 15.9. The average molecular weight is 1530 g/mol. The first-order chi connectivity index (χ1) is 43.7. The van der Waals surface area contributed by atoms with Gasteiger partial charge >= 0.3 is 6.03 Å². The Kier molecular flexibility index (Phi) is 19.1. The molecule has 0 aromatic heterocycles. The van der Waals surface area contributed by atoms with Crippen molar-refractivity contribution in [1.82, 2.24) is 0 Å². The second-order valence-corrected chi connectivity index (χ2v) is 34.3. The number of amides is 4. The molecule has 0 heterocycles. The molecular weight excluding hydrogens is 1490 g/mol. The fourth-order valence-corrected chi connectivity index (χ4v) is 17.3. The molecule has 8 aromatic carbocycles. The Balaban J connectivity index is 1.02. The number of aryl methyl sites for hydroxylation is 2. The van der Waals surface area contributed by atoms with E-state index in [2.05, 4.69) is 21.3 Å². The zero-order chi connectivity index (χ0) is 72.0. The van der Waals surface area contributed by atoms with Crippen LogP contribution in [0, 0.1) is 13.8 Å². The number of hydrogen-bond acceptors (Lipinski definition) is 23. The van der Waals surface area contributed by atoms with Crippen LogP contribution in [-0.2, 0) is 101 Å². The highest BCUT2D eigenvalue weighted by atomic mass is 32.3. The van der Waals surface area contributed by atoms with Crippen LogP contribution in [0.1, 0.15) is 31.8 Å². The maximum Gasteiger partial charge on any atom is 0.323 e. The van der Waals surface area contributed by atoms with Gasteiger partial charge in [-0.3, -0.25) is 55.5 Å². The van der Waals surface area contributed by atoms with Gasteiger partial charge in [-0.2, -0.15) is 67.3 Å². The molecule has 0 aliphatic carbocycles. The van der Waals surface area contributed by atoms with E-state index < -0.39 is 235 Å². The topological polar surface area (TPSA) is 627 Å². The van der Waals surface area contributed by atoms with Crippen molar-refractivity contribution in [2.45, 2.75) is 62.8 Å². The van der Waals surface area contributed by atoms with E-state index in [1.54, 1.807) is 0 Å². The maximum absolute atomic E-state index is 14.0. The van der Waals surface area contributed by atoms with Gasteiger partial charge in [0.05, 0.1) is 42.1 Å². The fourth-order valence-electron chi connectivity index (χ4n) is 9.14. The van der Waals surface area contributed by atoms with Gasteiger partial charge in [-0.1, -0.05) is 12.1 Å². The first-order valence-corrected chi connectivity index (χ1v) is 39.4. The van der Waals surface area contributed by atoms with Crippen LogP contribution >= 0.6 is 0 Å². The molecule has 96 heavy (non-hydrogen) atoms. The van der Waals surface area contributed by atoms with Crippen molar-refractivity contribution < 1.29 is 135 Å². The minimum Gasteiger partial charge on any atom is -0.322 e. The standard InChI is InChI=1S/C49H40N6O31S10/c1-23-3-5-25(15-39(23)87(59,60)54-35-11-13-37(91(69,70)71)33-19-29(89(63,64)65)21-43(45(33)35)95(81,82)83)50-47(56)31-9-7-27(17-41(31)93(75,76)77)52-49(58)53-28-8-10-32(42(18-28)94(78,79)80)48(57)51-26-6-4-24(2)40(16-26)88(61,62)55-36-12-14-38(92(72,73)74)34-20-30(90(66,67)68)22-44(46(34)36)96(84,85)86/h3-22,54-55H,1-2H3,(H,50,56)(H,51,57)(H2,52,53,58)(H,63,64,65)(H,66,67,68)(H,69,70,71)(H,72,73,74)(H,75,76,77)(H,78,79,80)(H,81,82,83)(H,84,85,86). The van der Waals surface area contributed by atoms with Gasteiger partial charge in [0, 0.05) is 44.3 Å². The van der Waals surface area contributed by atoms with Crippen molar-refractivity contribution in [3.63, 3.8) is 0 Å². The summed E-state index contributed by atoms with van der Waals surface area (Å²) in [5, 5.41) is 4.35. The van der Waals surface area contributed by atoms with E-state index in [-0.39, 0.29) is 23.3 Å². The van der Waals surface area contributed by atoms with E-state index >= 15 is 0 Å². The van der Waals surface area contributed by atoms with Crippen LogP contribution in [-0.4, -0.2) is 138 Å². The number of benzene rings is 8. The van der Waals surface area contributed by atoms with Gasteiger partial charge in [0.25, 0.3) is 113 Å². The monoisotopic (exact) mass is 1530 g/mol. The summed E-state index contributed by atoms with van der Waals surface area (Å²) in [5.41, 5.74) is -5.80. The molecule has 0 aliphatic heterocycles. The summed E-state index contributed by atoms with van der Waals surface area (Å²) in [6, 6.07) is 11.8. The predicted octanol–water partition coefficient (Wildman–Crippen LogP) is 4.33. The number of carbonyl (C=O) groups is 3. The van der Waals surface area contributed by atoms with Crippen LogP contribution in [0.15, 0.2) is 170 Å². The van der Waals surface area contributed by atoms with Gasteiger partial charge in [-0.05, 0) is 134 Å². The Hall–Kier alpha value is -8.73. The lowest BCUT2D eigenvalue weighted by atomic mass is 10.1. The minimum atomic E-state index is -5.65. The van der Waals surface area contributed by atoms with E-state index in [4.69, 9.17) is 0 Å². The van der Waals surface area contributed by atoms with E-state index in [0.717, 1.165) is 60.7 Å². The number of nitrogens with one attached hydrogen (secondary N) is 6. The molecule has 37 nitrogen and oxygen atoms in total. The van der Waals surface area contributed by atoms with Gasteiger partial charge in [0.1, 0.15) is 29.4 Å². The van der Waals surface area contributed by atoms with Crippen molar-refractivity contribution in [1.29, 1.82) is 0 Å². The number of sulfonamides is 2. The molecule has 0 unspecified atom stereocenters. The number of carbonyl (C=O) groups excluding carboxylic acids is 3. The quantitative estimate of drug-likeness (QED) is 0.0472. The maximum atomic E-state index is 14.0. The fraction of sp³-hybridized carbons (Fsp3) is 0.0408. The van der Waals surface area contributed by atoms with Gasteiger partial charge in [-0.15, -0.1) is 0 Å². The van der Waals surface area contributed by atoms with E-state index in [0.29, 0.717) is 48.5 Å². The Bertz CT molecular complexity index is 5650. The molecule has 0 saturated heterocycles. The minimum absolute atomic E-state index is 0.140. The molecule has 0 spiro atoms. The summed E-state index contributed by atoms with van der Waals surface area (Å²) in [6.45, 7) is 2.39. The second-order valence-electron chi connectivity index (χ2n) is 19.8. The number of urea groups is 1. The largest absolute Gasteiger partial charge is 0.323 e. The van der Waals surface area contributed by atoms with Crippen LogP contribution in [0.4, 0.5) is 38.9 Å². The van der Waals surface area contributed by atoms with Crippen molar-refractivity contribution in [2.24, 2.45) is 0 Å². The molecule has 14 N–H and O–H groups in total. The molecule has 0 atom stereocenters. The normalized spacial score (nSPS) is 13.0. The second kappa shape index (κ2) is 25.0. The van der Waals surface area contributed by atoms with Crippen molar-refractivity contribution in [2.75, 3.05) is 30.7 Å². The Morgan fingerprint density at radius 1 is 0.292 bits per heavy atom. The lowest BCUT2D eigenvalue weighted by molar-refractivity contribution is 0.101. The summed E-state index contributed by atoms with van der Waals surface area (Å²) in [7, 11) is -54.0. The SMILES string of the molecule is Cc1ccc(NC(=O)c2ccc(NC(=O)Nc3ccc(C(=O)Nc4ccc(C)c(S(=O)(=O)Nc5ccc(S(=O)(=O)O)c6cc(S(=O)(=O)O)cc(S(=O)(=O)O)c56)c4)c(S(=O)(=O)O)c3)cc2S(=O)(=O)O)cc1S(=O)(=O)Nc1ccc(S(=O)(=O)O)c2cc(S(=O)(=O)O)cc(S(=O)(=O)O)c12. The van der Waals surface area contributed by atoms with Crippen molar-refractivity contribution in [3.8, 4) is 0 Å². The Morgan fingerprint density at radius 3 is 0.865 bits per heavy atom. The van der Waals surface area contributed by atoms with Crippen LogP contribution in [0.3, 0.4) is 0 Å². The zero-order valence-corrected chi connectivity index (χ0v) is 55.3. The Labute approximate surface area is 542 Å². The molecule has 8 aromatic rings. The zero-order valence-electron chi connectivity index (χ0n) is 47.1. The molecule has 4 amide bonds. The van der Waals surface area contributed by atoms with Gasteiger partial charge < -0.3 is 21.3 Å². The number of hydrogen-bond donors (Lipinski definition) is 14. The highest BCUT2D eigenvalue weighted by Crippen LogP contribution is 2.41. The van der Waals surface area contributed by atoms with Crippen molar-refractivity contribution in [3.05, 3.63) is 144 Å². The summed E-state index contributed by atoms with van der Waals surface area (Å²) in [6.07, 6.45) is 0. The molecule has 47 heteroatoms. The Morgan fingerprint density at radius 2 is 0.573 bits per heavy atom. The van der Waals surface area contributed by atoms with Crippen LogP contribution in [0.25, 0.3) is 21.5 Å². The third-order valence-corrected chi connectivity index (χ3v) is 23.3. The van der Waals surface area contributed by atoms with Crippen LogP contribution < -0.4 is 30.7 Å². The van der Waals surface area contributed by atoms with Gasteiger partial charge in [-0.25, -0.2) is 21.6 Å². The van der Waals surface area contributed by atoms with Crippen LogP contribution in [0.2, 0.25) is 0 Å². The summed E-state index contributed by atoms with van der Waals surface area (Å²) in [4.78, 5) is 28.6. The van der Waals surface area contributed by atoms with Crippen LogP contribution in [0.5, 0.6) is 0 Å². The predicted molar refractivity (Wildman–Crippen MR) is 332 cm³/mol. The highest BCUT2D eigenvalue weighted by Gasteiger charge is 2.33. The first-order valence-electron chi connectivity index (χ1n) is 24.9. The van der Waals surface area contributed by atoms with E-state index in [1.165, 1.54) is 13.8 Å². The molecule has 0 radical (unpaired) electrons. The lowest BCUT2D eigenvalue weighted by Crippen LogP contribution is -2.22. The molecule has 0 saturated carbocycles.